The number of carbonyl (C=O) groups excluding carboxylic acids is 1. The van der Waals surface area contributed by atoms with Gasteiger partial charge in [0.05, 0.1) is 0 Å². The summed E-state index contributed by atoms with van der Waals surface area (Å²) in [4.78, 5) is 13.9. The molecule has 4 nitrogen and oxygen atoms in total. The molecule has 4 heteroatoms. The van der Waals surface area contributed by atoms with Crippen LogP contribution in [0.3, 0.4) is 0 Å². The molecule has 0 aliphatic heterocycles. The van der Waals surface area contributed by atoms with Crippen LogP contribution < -0.4 is 15.0 Å². The average molecular weight is 284 g/mol. The van der Waals surface area contributed by atoms with Crippen molar-refractivity contribution >= 4 is 17.3 Å². The number of para-hydroxylation sites is 1. The highest BCUT2D eigenvalue weighted by Crippen LogP contribution is 2.17. The predicted octanol–water partition coefficient (Wildman–Crippen LogP) is 3.08. The van der Waals surface area contributed by atoms with Crippen LogP contribution in [-0.4, -0.2) is 26.6 Å². The number of aryl methyl sites for hydroxylation is 1. The molecule has 0 bridgehead atoms. The van der Waals surface area contributed by atoms with Gasteiger partial charge in [-0.15, -0.1) is 0 Å². The van der Waals surface area contributed by atoms with Gasteiger partial charge in [-0.3, -0.25) is 4.79 Å². The van der Waals surface area contributed by atoms with Crippen LogP contribution in [-0.2, 0) is 4.79 Å². The Kier molecular flexibility index (Phi) is 4.82. The normalized spacial score (nSPS) is 10.0. The minimum atomic E-state index is -0.171. The largest absolute Gasteiger partial charge is 0.483 e. The molecule has 1 amide bonds. The molecule has 0 fully saturated rings. The molecular weight excluding hydrogens is 264 g/mol. The van der Waals surface area contributed by atoms with Gasteiger partial charge >= 0.3 is 0 Å². The minimum Gasteiger partial charge on any atom is -0.483 e. The molecule has 0 aromatic heterocycles. The highest BCUT2D eigenvalue weighted by atomic mass is 16.5. The van der Waals surface area contributed by atoms with E-state index in [9.17, 15) is 4.79 Å². The number of hydrogen-bond donors (Lipinski definition) is 1. The Hall–Kier alpha value is -2.49. The maximum absolute atomic E-state index is 11.9. The topological polar surface area (TPSA) is 41.6 Å². The lowest BCUT2D eigenvalue weighted by molar-refractivity contribution is -0.118. The first kappa shape index (κ1) is 14.9. The summed E-state index contributed by atoms with van der Waals surface area (Å²) in [5.74, 6) is 0.562. The van der Waals surface area contributed by atoms with Crippen LogP contribution in [0.5, 0.6) is 5.75 Å². The van der Waals surface area contributed by atoms with Crippen molar-refractivity contribution in [2.75, 3.05) is 30.9 Å². The molecule has 2 aromatic carbocycles. The van der Waals surface area contributed by atoms with Crippen molar-refractivity contribution in [1.29, 1.82) is 0 Å². The number of anilines is 2. The smallest absolute Gasteiger partial charge is 0.262 e. The summed E-state index contributed by atoms with van der Waals surface area (Å²) < 4.78 is 5.51. The average Bonchev–Trinajstić information content (AvgIpc) is 2.47. The van der Waals surface area contributed by atoms with E-state index in [2.05, 4.69) is 5.32 Å². The third kappa shape index (κ3) is 4.24. The SMILES string of the molecule is Cc1ccccc1OCC(=O)Nc1ccc(N(C)C)cc1. The number of carbonyl (C=O) groups is 1. The lowest BCUT2D eigenvalue weighted by Gasteiger charge is -2.13. The quantitative estimate of drug-likeness (QED) is 0.917. The number of amides is 1. The van der Waals surface area contributed by atoms with Gasteiger partial charge in [0.1, 0.15) is 5.75 Å². The van der Waals surface area contributed by atoms with E-state index in [1.54, 1.807) is 0 Å². The van der Waals surface area contributed by atoms with E-state index < -0.39 is 0 Å². The molecule has 0 unspecified atom stereocenters. The maximum atomic E-state index is 11.9. The minimum absolute atomic E-state index is 0.000283. The molecule has 0 saturated carbocycles. The van der Waals surface area contributed by atoms with Gasteiger partial charge in [0.15, 0.2) is 6.61 Å². The molecule has 21 heavy (non-hydrogen) atoms. The Morgan fingerprint density at radius 1 is 1.10 bits per heavy atom. The van der Waals surface area contributed by atoms with Crippen molar-refractivity contribution in [3.05, 3.63) is 54.1 Å². The second-order valence-electron chi connectivity index (χ2n) is 5.04. The van der Waals surface area contributed by atoms with Gasteiger partial charge in [0.25, 0.3) is 5.91 Å². The van der Waals surface area contributed by atoms with Gasteiger partial charge in [0.2, 0.25) is 0 Å². The Labute approximate surface area is 125 Å². The lowest BCUT2D eigenvalue weighted by Crippen LogP contribution is -2.20. The van der Waals surface area contributed by atoms with Gasteiger partial charge in [-0.05, 0) is 42.8 Å². The van der Waals surface area contributed by atoms with Crippen LogP contribution in [0.15, 0.2) is 48.5 Å². The Bertz CT molecular complexity index is 606. The van der Waals surface area contributed by atoms with E-state index in [0.717, 1.165) is 22.7 Å². The molecule has 0 heterocycles. The highest BCUT2D eigenvalue weighted by Gasteiger charge is 2.05. The standard InChI is InChI=1S/C17H20N2O2/c1-13-6-4-5-7-16(13)21-12-17(20)18-14-8-10-15(11-9-14)19(2)3/h4-11H,12H2,1-3H3,(H,18,20). The zero-order valence-electron chi connectivity index (χ0n) is 12.6. The Balaban J connectivity index is 1.88. The molecule has 0 saturated heterocycles. The van der Waals surface area contributed by atoms with E-state index >= 15 is 0 Å². The van der Waals surface area contributed by atoms with E-state index in [0.29, 0.717) is 0 Å². The van der Waals surface area contributed by atoms with Crippen molar-refractivity contribution in [3.63, 3.8) is 0 Å². The first-order valence-electron chi connectivity index (χ1n) is 6.82. The summed E-state index contributed by atoms with van der Waals surface area (Å²) >= 11 is 0. The summed E-state index contributed by atoms with van der Waals surface area (Å²) in [7, 11) is 3.95. The van der Waals surface area contributed by atoms with Crippen molar-refractivity contribution in [1.82, 2.24) is 0 Å². The zero-order chi connectivity index (χ0) is 15.2. The van der Waals surface area contributed by atoms with Gasteiger partial charge in [-0.1, -0.05) is 18.2 Å². The molecule has 110 valence electrons. The van der Waals surface area contributed by atoms with E-state index in [4.69, 9.17) is 4.74 Å². The first-order valence-corrected chi connectivity index (χ1v) is 6.82. The molecule has 0 radical (unpaired) electrons. The second-order valence-corrected chi connectivity index (χ2v) is 5.04. The molecular formula is C17H20N2O2. The van der Waals surface area contributed by atoms with Crippen LogP contribution in [0.2, 0.25) is 0 Å². The monoisotopic (exact) mass is 284 g/mol. The second kappa shape index (κ2) is 6.79. The maximum Gasteiger partial charge on any atom is 0.262 e. The molecule has 0 aliphatic rings. The molecule has 2 aromatic rings. The number of benzene rings is 2. The summed E-state index contributed by atoms with van der Waals surface area (Å²) in [6.45, 7) is 1.95. The summed E-state index contributed by atoms with van der Waals surface area (Å²) in [6.07, 6.45) is 0. The predicted molar refractivity (Wildman–Crippen MR) is 86.1 cm³/mol. The summed E-state index contributed by atoms with van der Waals surface area (Å²) in [6, 6.07) is 15.3. The van der Waals surface area contributed by atoms with Crippen LogP contribution in [0, 0.1) is 6.92 Å². The Morgan fingerprint density at radius 3 is 2.38 bits per heavy atom. The van der Waals surface area contributed by atoms with Crippen molar-refractivity contribution < 1.29 is 9.53 Å². The van der Waals surface area contributed by atoms with Crippen LogP contribution in [0.25, 0.3) is 0 Å². The van der Waals surface area contributed by atoms with Crippen molar-refractivity contribution in [2.45, 2.75) is 6.92 Å². The molecule has 0 aliphatic carbocycles. The van der Waals surface area contributed by atoms with Gasteiger partial charge < -0.3 is 15.0 Å². The molecule has 2 rings (SSSR count). The molecule has 1 N–H and O–H groups in total. The highest BCUT2D eigenvalue weighted by molar-refractivity contribution is 5.92. The number of nitrogens with one attached hydrogen (secondary N) is 1. The number of hydrogen-bond acceptors (Lipinski definition) is 3. The fourth-order valence-corrected chi connectivity index (χ4v) is 1.90. The molecule has 0 atom stereocenters. The fraction of sp³-hybridized carbons (Fsp3) is 0.235. The number of nitrogens with zero attached hydrogens (tertiary/aromatic N) is 1. The lowest BCUT2D eigenvalue weighted by atomic mass is 10.2. The fourth-order valence-electron chi connectivity index (χ4n) is 1.90. The van der Waals surface area contributed by atoms with Crippen LogP contribution in [0.4, 0.5) is 11.4 Å². The number of rotatable bonds is 5. The van der Waals surface area contributed by atoms with Crippen molar-refractivity contribution in [3.8, 4) is 5.75 Å². The Morgan fingerprint density at radius 2 is 1.76 bits per heavy atom. The summed E-state index contributed by atoms with van der Waals surface area (Å²) in [5.41, 5.74) is 2.86. The molecule has 0 spiro atoms. The first-order chi connectivity index (χ1) is 10.1. The van der Waals surface area contributed by atoms with Gasteiger partial charge in [0, 0.05) is 25.5 Å². The van der Waals surface area contributed by atoms with E-state index in [1.165, 1.54) is 0 Å². The third-order valence-electron chi connectivity index (χ3n) is 3.12. The van der Waals surface area contributed by atoms with Gasteiger partial charge in [-0.25, -0.2) is 0 Å². The van der Waals surface area contributed by atoms with Crippen LogP contribution in [0.1, 0.15) is 5.56 Å². The van der Waals surface area contributed by atoms with Gasteiger partial charge in [-0.2, -0.15) is 0 Å². The zero-order valence-corrected chi connectivity index (χ0v) is 12.6. The van der Waals surface area contributed by atoms with E-state index in [1.807, 2.05) is 74.4 Å². The summed E-state index contributed by atoms with van der Waals surface area (Å²) in [5, 5.41) is 2.82. The third-order valence-corrected chi connectivity index (χ3v) is 3.12. The van der Waals surface area contributed by atoms with Crippen molar-refractivity contribution in [2.24, 2.45) is 0 Å². The van der Waals surface area contributed by atoms with Crippen LogP contribution >= 0.6 is 0 Å². The van der Waals surface area contributed by atoms with E-state index in [-0.39, 0.29) is 12.5 Å². The number of ether oxygens (including phenoxy) is 1.